The molecule has 2 heterocycles. The van der Waals surface area contributed by atoms with Crippen molar-refractivity contribution in [3.8, 4) is 0 Å². The van der Waals surface area contributed by atoms with Crippen LogP contribution < -0.4 is 5.32 Å². The highest BCUT2D eigenvalue weighted by Crippen LogP contribution is 2.16. The minimum absolute atomic E-state index is 0.217. The van der Waals surface area contributed by atoms with Gasteiger partial charge in [-0.15, -0.1) is 0 Å². The number of likely N-dealkylation sites (tertiary alicyclic amines) is 1. The Morgan fingerprint density at radius 1 is 1.42 bits per heavy atom. The standard InChI is InChI=1S/C14H26N4O/c1-11-16-13(19-17-11)6-8-18-7-5-12(10-18)9-15-14(2,3)4/h12,15H,5-10H2,1-4H3. The van der Waals surface area contributed by atoms with Crippen molar-refractivity contribution in [3.63, 3.8) is 0 Å². The lowest BCUT2D eigenvalue weighted by Gasteiger charge is -2.23. The second-order valence-electron chi connectivity index (χ2n) is 6.57. The van der Waals surface area contributed by atoms with Gasteiger partial charge >= 0.3 is 0 Å². The second kappa shape index (κ2) is 6.01. The van der Waals surface area contributed by atoms with Crippen molar-refractivity contribution < 1.29 is 4.52 Å². The molecule has 108 valence electrons. The van der Waals surface area contributed by atoms with Gasteiger partial charge in [0.1, 0.15) is 0 Å². The van der Waals surface area contributed by atoms with Crippen molar-refractivity contribution in [2.45, 2.75) is 46.1 Å². The van der Waals surface area contributed by atoms with Crippen molar-refractivity contribution >= 4 is 0 Å². The molecule has 5 nitrogen and oxygen atoms in total. The average Bonchev–Trinajstić information content (AvgIpc) is 2.92. The molecule has 1 aliphatic rings. The molecule has 1 N–H and O–H groups in total. The van der Waals surface area contributed by atoms with Crippen LogP contribution in [-0.4, -0.2) is 46.8 Å². The Balaban J connectivity index is 1.67. The van der Waals surface area contributed by atoms with Gasteiger partial charge in [-0.05, 0) is 53.1 Å². The zero-order valence-electron chi connectivity index (χ0n) is 12.6. The smallest absolute Gasteiger partial charge is 0.227 e. The summed E-state index contributed by atoms with van der Waals surface area (Å²) in [5.74, 6) is 2.25. The summed E-state index contributed by atoms with van der Waals surface area (Å²) in [6.45, 7) is 13.0. The van der Waals surface area contributed by atoms with Gasteiger partial charge in [0, 0.05) is 25.0 Å². The van der Waals surface area contributed by atoms with Crippen LogP contribution >= 0.6 is 0 Å². The van der Waals surface area contributed by atoms with E-state index in [1.807, 2.05) is 6.92 Å². The Labute approximate surface area is 115 Å². The fourth-order valence-electron chi connectivity index (χ4n) is 2.43. The molecule has 0 bridgehead atoms. The summed E-state index contributed by atoms with van der Waals surface area (Å²) in [5.41, 5.74) is 0.217. The van der Waals surface area contributed by atoms with Crippen LogP contribution in [0, 0.1) is 12.8 Å². The van der Waals surface area contributed by atoms with Gasteiger partial charge in [-0.1, -0.05) is 5.16 Å². The van der Waals surface area contributed by atoms with E-state index in [0.29, 0.717) is 0 Å². The van der Waals surface area contributed by atoms with Gasteiger partial charge < -0.3 is 14.7 Å². The first-order valence-corrected chi connectivity index (χ1v) is 7.19. The number of aromatic nitrogens is 2. The van der Waals surface area contributed by atoms with Crippen molar-refractivity contribution in [1.29, 1.82) is 0 Å². The van der Waals surface area contributed by atoms with Crippen LogP contribution in [0.15, 0.2) is 4.52 Å². The van der Waals surface area contributed by atoms with Gasteiger partial charge in [0.15, 0.2) is 5.82 Å². The molecule has 1 fully saturated rings. The van der Waals surface area contributed by atoms with E-state index in [1.54, 1.807) is 0 Å². The monoisotopic (exact) mass is 266 g/mol. The topological polar surface area (TPSA) is 54.2 Å². The molecule has 1 aliphatic heterocycles. The molecule has 0 aliphatic carbocycles. The third kappa shape index (κ3) is 4.91. The lowest BCUT2D eigenvalue weighted by Crippen LogP contribution is -2.39. The van der Waals surface area contributed by atoms with Gasteiger partial charge in [0.05, 0.1) is 0 Å². The molecule has 0 saturated carbocycles. The summed E-state index contributed by atoms with van der Waals surface area (Å²) < 4.78 is 5.14. The van der Waals surface area contributed by atoms with E-state index in [2.05, 4.69) is 41.1 Å². The van der Waals surface area contributed by atoms with E-state index in [-0.39, 0.29) is 5.54 Å². The van der Waals surface area contributed by atoms with Crippen molar-refractivity contribution in [3.05, 3.63) is 11.7 Å². The van der Waals surface area contributed by atoms with Crippen LogP contribution in [0.3, 0.4) is 0 Å². The lowest BCUT2D eigenvalue weighted by atomic mass is 10.1. The molecule has 5 heteroatoms. The van der Waals surface area contributed by atoms with Crippen LogP contribution in [0.5, 0.6) is 0 Å². The molecule has 1 aromatic heterocycles. The van der Waals surface area contributed by atoms with E-state index in [0.717, 1.165) is 37.1 Å². The quantitative estimate of drug-likeness (QED) is 0.878. The highest BCUT2D eigenvalue weighted by Gasteiger charge is 2.23. The van der Waals surface area contributed by atoms with Crippen LogP contribution in [-0.2, 0) is 6.42 Å². The van der Waals surface area contributed by atoms with Crippen molar-refractivity contribution in [2.75, 3.05) is 26.2 Å². The minimum Gasteiger partial charge on any atom is -0.339 e. The molecule has 0 aromatic carbocycles. The van der Waals surface area contributed by atoms with Gasteiger partial charge in [0.25, 0.3) is 0 Å². The maximum absolute atomic E-state index is 5.14. The molecular formula is C14H26N4O. The minimum atomic E-state index is 0.217. The molecular weight excluding hydrogens is 240 g/mol. The third-order valence-corrected chi connectivity index (χ3v) is 3.50. The largest absolute Gasteiger partial charge is 0.339 e. The molecule has 1 saturated heterocycles. The Morgan fingerprint density at radius 3 is 2.84 bits per heavy atom. The van der Waals surface area contributed by atoms with Gasteiger partial charge in [-0.25, -0.2) is 0 Å². The van der Waals surface area contributed by atoms with E-state index in [9.17, 15) is 0 Å². The first-order valence-electron chi connectivity index (χ1n) is 7.19. The van der Waals surface area contributed by atoms with Crippen LogP contribution in [0.25, 0.3) is 0 Å². The molecule has 1 aromatic rings. The Kier molecular flexibility index (Phi) is 4.58. The van der Waals surface area contributed by atoms with Crippen molar-refractivity contribution in [1.82, 2.24) is 20.4 Å². The summed E-state index contributed by atoms with van der Waals surface area (Å²) in [6, 6.07) is 0. The Bertz CT molecular complexity index is 396. The van der Waals surface area contributed by atoms with E-state index in [1.165, 1.54) is 19.5 Å². The Morgan fingerprint density at radius 2 is 2.21 bits per heavy atom. The summed E-state index contributed by atoms with van der Waals surface area (Å²) in [6.07, 6.45) is 2.15. The van der Waals surface area contributed by atoms with Gasteiger partial charge in [-0.3, -0.25) is 0 Å². The molecule has 0 radical (unpaired) electrons. The second-order valence-corrected chi connectivity index (χ2v) is 6.57. The summed E-state index contributed by atoms with van der Waals surface area (Å²) >= 11 is 0. The van der Waals surface area contributed by atoms with E-state index < -0.39 is 0 Å². The predicted molar refractivity (Wildman–Crippen MR) is 75.0 cm³/mol. The fourth-order valence-corrected chi connectivity index (χ4v) is 2.43. The number of hydrogen-bond donors (Lipinski definition) is 1. The predicted octanol–water partition coefficient (Wildman–Crippen LogP) is 1.63. The van der Waals surface area contributed by atoms with Crippen LogP contribution in [0.1, 0.15) is 38.9 Å². The third-order valence-electron chi connectivity index (χ3n) is 3.50. The number of rotatable bonds is 5. The highest BCUT2D eigenvalue weighted by molar-refractivity contribution is 4.86. The first-order chi connectivity index (χ1) is 8.92. The molecule has 0 amide bonds. The maximum atomic E-state index is 5.14. The van der Waals surface area contributed by atoms with Gasteiger partial charge in [0.2, 0.25) is 5.89 Å². The molecule has 19 heavy (non-hydrogen) atoms. The fraction of sp³-hybridized carbons (Fsp3) is 0.857. The highest BCUT2D eigenvalue weighted by atomic mass is 16.5. The summed E-state index contributed by atoms with van der Waals surface area (Å²) in [4.78, 5) is 6.74. The Hall–Kier alpha value is -0.940. The number of nitrogens with zero attached hydrogens (tertiary/aromatic N) is 3. The zero-order valence-corrected chi connectivity index (χ0v) is 12.6. The molecule has 1 unspecified atom stereocenters. The number of aryl methyl sites for hydroxylation is 1. The van der Waals surface area contributed by atoms with E-state index >= 15 is 0 Å². The molecule has 1 atom stereocenters. The number of hydrogen-bond acceptors (Lipinski definition) is 5. The zero-order chi connectivity index (χ0) is 13.9. The first kappa shape index (κ1) is 14.5. The average molecular weight is 266 g/mol. The summed E-state index contributed by atoms with van der Waals surface area (Å²) in [7, 11) is 0. The normalized spacial score (nSPS) is 21.2. The maximum Gasteiger partial charge on any atom is 0.227 e. The summed E-state index contributed by atoms with van der Waals surface area (Å²) in [5, 5.41) is 7.41. The van der Waals surface area contributed by atoms with Crippen LogP contribution in [0.2, 0.25) is 0 Å². The number of nitrogens with one attached hydrogen (secondary N) is 1. The van der Waals surface area contributed by atoms with Crippen LogP contribution in [0.4, 0.5) is 0 Å². The molecule has 2 rings (SSSR count). The van der Waals surface area contributed by atoms with E-state index in [4.69, 9.17) is 4.52 Å². The van der Waals surface area contributed by atoms with Crippen molar-refractivity contribution in [2.24, 2.45) is 5.92 Å². The SMILES string of the molecule is Cc1noc(CCN2CCC(CNC(C)(C)C)C2)n1. The lowest BCUT2D eigenvalue weighted by molar-refractivity contribution is 0.295. The van der Waals surface area contributed by atoms with Gasteiger partial charge in [-0.2, -0.15) is 4.98 Å². The molecule has 0 spiro atoms.